The second-order valence-electron chi connectivity index (χ2n) is 6.95. The van der Waals surface area contributed by atoms with Crippen molar-refractivity contribution in [3.05, 3.63) is 69.8 Å². The summed E-state index contributed by atoms with van der Waals surface area (Å²) in [7, 11) is 0. The number of benzene rings is 1. The van der Waals surface area contributed by atoms with E-state index in [2.05, 4.69) is 26.5 Å². The second kappa shape index (κ2) is 7.81. The van der Waals surface area contributed by atoms with Crippen LogP contribution in [0.5, 0.6) is 0 Å². The van der Waals surface area contributed by atoms with Crippen molar-refractivity contribution < 1.29 is 9.53 Å². The van der Waals surface area contributed by atoms with Crippen molar-refractivity contribution in [2.24, 2.45) is 0 Å². The first-order valence-corrected chi connectivity index (χ1v) is 9.33. The Labute approximate surface area is 168 Å². The van der Waals surface area contributed by atoms with Crippen molar-refractivity contribution >= 4 is 5.97 Å². The van der Waals surface area contributed by atoms with E-state index in [1.54, 1.807) is 25.5 Å². The highest BCUT2D eigenvalue weighted by Crippen LogP contribution is 2.26. The maximum Gasteiger partial charge on any atom is 0.338 e. The van der Waals surface area contributed by atoms with Crippen molar-refractivity contribution in [1.82, 2.24) is 25.1 Å². The molecule has 3 aromatic rings. The molecule has 0 atom stereocenters. The number of ether oxygens (including phenoxy) is 1. The molecule has 8 nitrogen and oxygen atoms in total. The van der Waals surface area contributed by atoms with E-state index in [9.17, 15) is 4.79 Å². The molecule has 146 valence electrons. The molecule has 1 N–H and O–H groups in total. The average molecular weight is 388 g/mol. The van der Waals surface area contributed by atoms with Crippen LogP contribution >= 0.6 is 0 Å². The smallest absolute Gasteiger partial charge is 0.338 e. The van der Waals surface area contributed by atoms with Gasteiger partial charge in [-0.3, -0.25) is 0 Å². The number of carbonyl (C=O) groups excluding carboxylic acids is 1. The standard InChI is InChI=1S/C21H20N6O2/c1-13-16(3-4-18-19(13)12-29-20(18)28)5-6-23-8-15-9-24-21(25-10-15)27-11-17(7-22)14(2)26-27/h3-4,9-11,23H,5-6,8,12H2,1-2H3. The zero-order valence-corrected chi connectivity index (χ0v) is 16.3. The number of aromatic nitrogens is 4. The predicted molar refractivity (Wildman–Crippen MR) is 104 cm³/mol. The molecular weight excluding hydrogens is 368 g/mol. The number of hydrogen-bond acceptors (Lipinski definition) is 7. The highest BCUT2D eigenvalue weighted by atomic mass is 16.5. The van der Waals surface area contributed by atoms with Gasteiger partial charge in [0.1, 0.15) is 12.7 Å². The van der Waals surface area contributed by atoms with Crippen LogP contribution < -0.4 is 5.32 Å². The number of cyclic esters (lactones) is 1. The number of carbonyl (C=O) groups is 1. The number of hydrogen-bond donors (Lipinski definition) is 1. The average Bonchev–Trinajstić information content (AvgIpc) is 3.30. The van der Waals surface area contributed by atoms with Crippen molar-refractivity contribution in [3.63, 3.8) is 0 Å². The molecule has 0 saturated carbocycles. The van der Waals surface area contributed by atoms with Crippen molar-refractivity contribution in [2.75, 3.05) is 6.54 Å². The van der Waals surface area contributed by atoms with Crippen LogP contribution in [0.15, 0.2) is 30.7 Å². The molecule has 4 rings (SSSR count). The molecule has 0 saturated heterocycles. The molecule has 29 heavy (non-hydrogen) atoms. The summed E-state index contributed by atoms with van der Waals surface area (Å²) in [5.74, 6) is 0.203. The largest absolute Gasteiger partial charge is 0.457 e. The molecule has 3 heterocycles. The Balaban J connectivity index is 1.32. The van der Waals surface area contributed by atoms with Crippen LogP contribution in [0.1, 0.15) is 43.9 Å². The van der Waals surface area contributed by atoms with Gasteiger partial charge in [0, 0.05) is 30.1 Å². The third-order valence-electron chi connectivity index (χ3n) is 5.09. The van der Waals surface area contributed by atoms with Gasteiger partial charge in [0.2, 0.25) is 5.95 Å². The lowest BCUT2D eigenvalue weighted by atomic mass is 9.97. The Morgan fingerprint density at radius 1 is 1.28 bits per heavy atom. The molecular formula is C21H20N6O2. The van der Waals surface area contributed by atoms with Gasteiger partial charge in [-0.25, -0.2) is 19.4 Å². The molecule has 0 bridgehead atoms. The number of nitrogens with one attached hydrogen (secondary N) is 1. The van der Waals surface area contributed by atoms with Crippen molar-refractivity contribution in [1.29, 1.82) is 5.26 Å². The highest BCUT2D eigenvalue weighted by Gasteiger charge is 2.23. The van der Waals surface area contributed by atoms with Gasteiger partial charge in [0.15, 0.2) is 0 Å². The van der Waals surface area contributed by atoms with Crippen molar-refractivity contribution in [3.8, 4) is 12.0 Å². The molecule has 0 spiro atoms. The zero-order chi connectivity index (χ0) is 20.4. The summed E-state index contributed by atoms with van der Waals surface area (Å²) in [6.07, 6.45) is 5.99. The monoisotopic (exact) mass is 388 g/mol. The zero-order valence-electron chi connectivity index (χ0n) is 16.3. The maximum absolute atomic E-state index is 11.6. The van der Waals surface area contributed by atoms with E-state index in [1.807, 2.05) is 19.1 Å². The van der Waals surface area contributed by atoms with Gasteiger partial charge in [-0.2, -0.15) is 10.4 Å². The lowest BCUT2D eigenvalue weighted by Crippen LogP contribution is -2.18. The summed E-state index contributed by atoms with van der Waals surface area (Å²) >= 11 is 0. The van der Waals surface area contributed by atoms with Crippen LogP contribution in [0.2, 0.25) is 0 Å². The third-order valence-corrected chi connectivity index (χ3v) is 5.09. The normalized spacial score (nSPS) is 12.5. The van der Waals surface area contributed by atoms with Gasteiger partial charge >= 0.3 is 5.97 Å². The molecule has 1 aliphatic rings. The number of nitrogens with zero attached hydrogens (tertiary/aromatic N) is 5. The quantitative estimate of drug-likeness (QED) is 0.509. The van der Waals surface area contributed by atoms with E-state index in [-0.39, 0.29) is 5.97 Å². The van der Waals surface area contributed by atoms with Gasteiger partial charge in [-0.15, -0.1) is 0 Å². The lowest BCUT2D eigenvalue weighted by Gasteiger charge is -2.10. The van der Waals surface area contributed by atoms with Gasteiger partial charge in [-0.1, -0.05) is 6.07 Å². The summed E-state index contributed by atoms with van der Waals surface area (Å²) in [5.41, 5.74) is 6.16. The Hall–Kier alpha value is -3.57. The first-order chi connectivity index (χ1) is 14.1. The molecule has 0 radical (unpaired) electrons. The first-order valence-electron chi connectivity index (χ1n) is 9.33. The van der Waals surface area contributed by atoms with E-state index >= 15 is 0 Å². The molecule has 0 unspecified atom stereocenters. The third kappa shape index (κ3) is 3.73. The number of nitriles is 1. The molecule has 0 fully saturated rings. The van der Waals surface area contributed by atoms with E-state index in [4.69, 9.17) is 10.00 Å². The van der Waals surface area contributed by atoms with Gasteiger partial charge in [0.25, 0.3) is 0 Å². The molecule has 0 aliphatic carbocycles. The van der Waals surface area contributed by atoms with E-state index < -0.39 is 0 Å². The van der Waals surface area contributed by atoms with Gasteiger partial charge < -0.3 is 10.1 Å². The number of fused-ring (bicyclic) bond motifs is 1. The molecule has 1 aliphatic heterocycles. The first kappa shape index (κ1) is 18.8. The molecule has 0 amide bonds. The minimum absolute atomic E-state index is 0.231. The second-order valence-corrected chi connectivity index (χ2v) is 6.95. The fraction of sp³-hybridized carbons (Fsp3) is 0.286. The molecule has 2 aromatic heterocycles. The number of aryl methyl sites for hydroxylation is 1. The Morgan fingerprint density at radius 3 is 2.79 bits per heavy atom. The van der Waals surface area contributed by atoms with E-state index in [1.165, 1.54) is 10.2 Å². The minimum Gasteiger partial charge on any atom is -0.457 e. The SMILES string of the molecule is Cc1nn(-c2ncc(CNCCc3ccc4c(c3C)COC4=O)cn2)cc1C#N. The number of esters is 1. The molecule has 8 heteroatoms. The predicted octanol–water partition coefficient (Wildman–Crippen LogP) is 2.15. The summed E-state index contributed by atoms with van der Waals surface area (Å²) < 4.78 is 6.62. The summed E-state index contributed by atoms with van der Waals surface area (Å²) in [5, 5.41) is 16.7. The van der Waals surface area contributed by atoms with Crippen LogP contribution in [0.25, 0.3) is 5.95 Å². The van der Waals surface area contributed by atoms with Crippen molar-refractivity contribution in [2.45, 2.75) is 33.4 Å². The molecule has 1 aromatic carbocycles. The topological polar surface area (TPSA) is 106 Å². The van der Waals surface area contributed by atoms with E-state index in [0.717, 1.165) is 29.7 Å². The number of rotatable bonds is 6. The lowest BCUT2D eigenvalue weighted by molar-refractivity contribution is 0.0535. The van der Waals surface area contributed by atoms with Crippen LogP contribution in [0.3, 0.4) is 0 Å². The van der Waals surface area contributed by atoms with Crippen LogP contribution in [0.4, 0.5) is 0 Å². The van der Waals surface area contributed by atoms with Gasteiger partial charge in [0.05, 0.1) is 23.0 Å². The van der Waals surface area contributed by atoms with Crippen LogP contribution in [0, 0.1) is 25.2 Å². The highest BCUT2D eigenvalue weighted by molar-refractivity contribution is 5.93. The Bertz CT molecular complexity index is 1110. The summed E-state index contributed by atoms with van der Waals surface area (Å²) in [6, 6.07) is 5.95. The van der Waals surface area contributed by atoms with Crippen LogP contribution in [-0.2, 0) is 24.3 Å². The Kier molecular flexibility index (Phi) is 5.06. The fourth-order valence-electron chi connectivity index (χ4n) is 3.35. The minimum atomic E-state index is -0.231. The Morgan fingerprint density at radius 2 is 2.07 bits per heavy atom. The fourth-order valence-corrected chi connectivity index (χ4v) is 3.35. The van der Waals surface area contributed by atoms with Gasteiger partial charge in [-0.05, 0) is 44.0 Å². The maximum atomic E-state index is 11.6. The summed E-state index contributed by atoms with van der Waals surface area (Å²) in [4.78, 5) is 20.3. The van der Waals surface area contributed by atoms with Crippen LogP contribution in [-0.4, -0.2) is 32.3 Å². The summed E-state index contributed by atoms with van der Waals surface area (Å²) in [6.45, 7) is 5.63. The van der Waals surface area contributed by atoms with E-state index in [0.29, 0.717) is 35.9 Å².